The van der Waals surface area contributed by atoms with E-state index in [1.807, 2.05) is 0 Å². The molecule has 0 radical (unpaired) electrons. The summed E-state index contributed by atoms with van der Waals surface area (Å²) in [7, 11) is 0. The van der Waals surface area contributed by atoms with Gasteiger partial charge in [-0.05, 0) is 24.1 Å². The van der Waals surface area contributed by atoms with Gasteiger partial charge in [0, 0.05) is 25.7 Å². The first-order chi connectivity index (χ1) is 9.90. The molecule has 0 spiro atoms. The van der Waals surface area contributed by atoms with Gasteiger partial charge in [0.2, 0.25) is 0 Å². The molecule has 1 fully saturated rings. The average Bonchev–Trinajstić information content (AvgIpc) is 2.46. The minimum Gasteiger partial charge on any atom is -0.376 e. The van der Waals surface area contributed by atoms with Gasteiger partial charge in [0.25, 0.3) is 0 Å². The molecule has 1 aliphatic rings. The van der Waals surface area contributed by atoms with Crippen molar-refractivity contribution in [2.24, 2.45) is 5.73 Å². The number of nitrogens with zero attached hydrogens (tertiary/aromatic N) is 1. The Morgan fingerprint density at radius 2 is 2.19 bits per heavy atom. The predicted molar refractivity (Wildman–Crippen MR) is 74.8 cm³/mol. The fourth-order valence-electron chi connectivity index (χ4n) is 2.52. The summed E-state index contributed by atoms with van der Waals surface area (Å²) < 4.78 is 43.7. The summed E-state index contributed by atoms with van der Waals surface area (Å²) in [5.41, 5.74) is 5.94. The van der Waals surface area contributed by atoms with Crippen LogP contribution in [-0.2, 0) is 10.9 Å². The molecule has 2 unspecified atom stereocenters. The molecule has 0 saturated carbocycles. The standard InChI is InChI=1S/C15H21F3N2O/c1-2-13-9-20(6-7-21-13)10-14(19)11-4-3-5-12(8-11)15(16,17)18/h3-5,8,13-14H,2,6-7,9-10,19H2,1H3. The van der Waals surface area contributed by atoms with Crippen molar-refractivity contribution >= 4 is 0 Å². The van der Waals surface area contributed by atoms with E-state index in [0.717, 1.165) is 31.6 Å². The van der Waals surface area contributed by atoms with E-state index in [9.17, 15) is 13.2 Å². The van der Waals surface area contributed by atoms with Crippen LogP contribution in [0.25, 0.3) is 0 Å². The summed E-state index contributed by atoms with van der Waals surface area (Å²) in [5, 5.41) is 0. The molecule has 1 saturated heterocycles. The van der Waals surface area contributed by atoms with Gasteiger partial charge < -0.3 is 10.5 Å². The van der Waals surface area contributed by atoms with E-state index in [2.05, 4.69) is 11.8 Å². The fourth-order valence-corrected chi connectivity index (χ4v) is 2.52. The number of rotatable bonds is 4. The van der Waals surface area contributed by atoms with E-state index in [1.54, 1.807) is 6.07 Å². The van der Waals surface area contributed by atoms with E-state index in [-0.39, 0.29) is 6.10 Å². The van der Waals surface area contributed by atoms with Crippen molar-refractivity contribution in [2.75, 3.05) is 26.2 Å². The van der Waals surface area contributed by atoms with Gasteiger partial charge in [-0.15, -0.1) is 0 Å². The molecule has 118 valence electrons. The minimum atomic E-state index is -4.33. The fraction of sp³-hybridized carbons (Fsp3) is 0.600. The zero-order chi connectivity index (χ0) is 15.5. The van der Waals surface area contributed by atoms with Crippen LogP contribution in [0.1, 0.15) is 30.5 Å². The van der Waals surface area contributed by atoms with E-state index in [0.29, 0.717) is 18.7 Å². The first kappa shape index (κ1) is 16.3. The van der Waals surface area contributed by atoms with E-state index in [4.69, 9.17) is 10.5 Å². The highest BCUT2D eigenvalue weighted by atomic mass is 19.4. The summed E-state index contributed by atoms with van der Waals surface area (Å²) >= 11 is 0. The lowest BCUT2D eigenvalue weighted by molar-refractivity contribution is -0.137. The number of morpholine rings is 1. The van der Waals surface area contributed by atoms with Crippen LogP contribution in [0.3, 0.4) is 0 Å². The molecule has 0 aliphatic carbocycles. The number of ether oxygens (including phenoxy) is 1. The number of halogens is 3. The van der Waals surface area contributed by atoms with Crippen molar-refractivity contribution in [3.05, 3.63) is 35.4 Å². The van der Waals surface area contributed by atoms with Gasteiger partial charge in [0.1, 0.15) is 0 Å². The topological polar surface area (TPSA) is 38.5 Å². The van der Waals surface area contributed by atoms with Crippen LogP contribution in [0.5, 0.6) is 0 Å². The number of alkyl halides is 3. The highest BCUT2D eigenvalue weighted by molar-refractivity contribution is 5.28. The van der Waals surface area contributed by atoms with Crippen molar-refractivity contribution in [2.45, 2.75) is 31.7 Å². The molecule has 1 heterocycles. The van der Waals surface area contributed by atoms with Crippen LogP contribution in [0, 0.1) is 0 Å². The molecule has 1 aliphatic heterocycles. The molecule has 1 aromatic rings. The monoisotopic (exact) mass is 302 g/mol. The summed E-state index contributed by atoms with van der Waals surface area (Å²) in [6, 6.07) is 4.84. The van der Waals surface area contributed by atoms with Gasteiger partial charge in [0.15, 0.2) is 0 Å². The van der Waals surface area contributed by atoms with Crippen LogP contribution in [0.15, 0.2) is 24.3 Å². The average molecular weight is 302 g/mol. The lowest BCUT2D eigenvalue weighted by Crippen LogP contribution is -2.44. The molecule has 2 atom stereocenters. The van der Waals surface area contributed by atoms with E-state index >= 15 is 0 Å². The van der Waals surface area contributed by atoms with Gasteiger partial charge in [-0.3, -0.25) is 4.90 Å². The summed E-state index contributed by atoms with van der Waals surface area (Å²) in [6.45, 7) is 4.79. The highest BCUT2D eigenvalue weighted by Crippen LogP contribution is 2.30. The second-order valence-corrected chi connectivity index (χ2v) is 5.39. The summed E-state index contributed by atoms with van der Waals surface area (Å²) in [4.78, 5) is 2.16. The second-order valence-electron chi connectivity index (χ2n) is 5.39. The molecule has 0 amide bonds. The van der Waals surface area contributed by atoms with Crippen LogP contribution in [0.4, 0.5) is 13.2 Å². The van der Waals surface area contributed by atoms with Crippen molar-refractivity contribution in [1.29, 1.82) is 0 Å². The Bertz CT molecular complexity index is 464. The lowest BCUT2D eigenvalue weighted by atomic mass is 10.0. The molecule has 1 aromatic carbocycles. The van der Waals surface area contributed by atoms with Crippen molar-refractivity contribution in [1.82, 2.24) is 4.90 Å². The van der Waals surface area contributed by atoms with E-state index in [1.165, 1.54) is 6.07 Å². The molecule has 3 nitrogen and oxygen atoms in total. The summed E-state index contributed by atoms with van der Waals surface area (Å²) in [5.74, 6) is 0. The predicted octanol–water partition coefficient (Wildman–Crippen LogP) is 2.82. The van der Waals surface area contributed by atoms with Crippen molar-refractivity contribution in [3.8, 4) is 0 Å². The number of hydrogen-bond acceptors (Lipinski definition) is 3. The maximum atomic E-state index is 12.7. The first-order valence-corrected chi connectivity index (χ1v) is 7.17. The Morgan fingerprint density at radius 1 is 1.43 bits per heavy atom. The van der Waals surface area contributed by atoms with Crippen LogP contribution >= 0.6 is 0 Å². The van der Waals surface area contributed by atoms with Gasteiger partial charge >= 0.3 is 6.18 Å². The largest absolute Gasteiger partial charge is 0.416 e. The third kappa shape index (κ3) is 4.43. The number of benzene rings is 1. The molecule has 0 aromatic heterocycles. The summed E-state index contributed by atoms with van der Waals surface area (Å²) in [6.07, 6.45) is -3.22. The Hall–Kier alpha value is -1.11. The third-order valence-corrected chi connectivity index (χ3v) is 3.78. The maximum Gasteiger partial charge on any atom is 0.416 e. The Kier molecular flexibility index (Phi) is 5.24. The van der Waals surface area contributed by atoms with Crippen molar-refractivity contribution in [3.63, 3.8) is 0 Å². The van der Waals surface area contributed by atoms with Crippen LogP contribution < -0.4 is 5.73 Å². The van der Waals surface area contributed by atoms with Crippen LogP contribution in [-0.4, -0.2) is 37.2 Å². The number of hydrogen-bond donors (Lipinski definition) is 1. The number of nitrogens with two attached hydrogens (primary N) is 1. The van der Waals surface area contributed by atoms with Gasteiger partial charge in [-0.25, -0.2) is 0 Å². The normalized spacial score (nSPS) is 22.2. The van der Waals surface area contributed by atoms with Gasteiger partial charge in [-0.1, -0.05) is 19.1 Å². The SMILES string of the molecule is CCC1CN(CC(N)c2cccc(C(F)(F)F)c2)CCO1. The Balaban J connectivity index is 2.01. The quantitative estimate of drug-likeness (QED) is 0.929. The maximum absolute atomic E-state index is 12.7. The highest BCUT2D eigenvalue weighted by Gasteiger charge is 2.31. The minimum absolute atomic E-state index is 0.187. The van der Waals surface area contributed by atoms with Crippen LogP contribution in [0.2, 0.25) is 0 Å². The lowest BCUT2D eigenvalue weighted by Gasteiger charge is -2.34. The third-order valence-electron chi connectivity index (χ3n) is 3.78. The zero-order valence-electron chi connectivity index (χ0n) is 12.1. The molecular formula is C15H21F3N2O. The molecule has 0 bridgehead atoms. The van der Waals surface area contributed by atoms with Crippen molar-refractivity contribution < 1.29 is 17.9 Å². The molecule has 2 rings (SSSR count). The van der Waals surface area contributed by atoms with Gasteiger partial charge in [0.05, 0.1) is 18.3 Å². The molecule has 21 heavy (non-hydrogen) atoms. The van der Waals surface area contributed by atoms with Gasteiger partial charge in [-0.2, -0.15) is 13.2 Å². The smallest absolute Gasteiger partial charge is 0.376 e. The van der Waals surface area contributed by atoms with E-state index < -0.39 is 17.8 Å². The Labute approximate surface area is 122 Å². The molecular weight excluding hydrogens is 281 g/mol. The first-order valence-electron chi connectivity index (χ1n) is 7.17. The zero-order valence-corrected chi connectivity index (χ0v) is 12.1. The molecule has 2 N–H and O–H groups in total. The molecule has 6 heteroatoms. The Morgan fingerprint density at radius 3 is 2.86 bits per heavy atom. The second kappa shape index (κ2) is 6.77.